The van der Waals surface area contributed by atoms with Crippen molar-refractivity contribution in [2.24, 2.45) is 0 Å². The van der Waals surface area contributed by atoms with Crippen LogP contribution in [0.5, 0.6) is 0 Å². The van der Waals surface area contributed by atoms with Crippen molar-refractivity contribution in [2.75, 3.05) is 0 Å². The van der Waals surface area contributed by atoms with Crippen molar-refractivity contribution < 1.29 is 13.0 Å². The van der Waals surface area contributed by atoms with E-state index in [1.165, 1.54) is 0 Å². The molecule has 0 saturated heterocycles. The zero-order valence-corrected chi connectivity index (χ0v) is 7.61. The first-order chi connectivity index (χ1) is 1.73. The fourth-order valence-corrected chi connectivity index (χ4v) is 0. The first kappa shape index (κ1) is 10.3. The summed E-state index contributed by atoms with van der Waals surface area (Å²) in [5, 5.41) is 0. The third kappa shape index (κ3) is 22.2. The molecule has 5 heteroatoms. The Bertz CT molecular complexity index is 11.6. The van der Waals surface area contributed by atoms with Crippen LogP contribution in [0.3, 0.4) is 0 Å². The third-order valence-electron chi connectivity index (χ3n) is 0. The zero-order valence-electron chi connectivity index (χ0n) is 2.19. The average molecular weight is 232 g/mol. The van der Waals surface area contributed by atoms with E-state index in [1.54, 1.807) is 0 Å². The topological polar surface area (TPSA) is 0 Å². The van der Waals surface area contributed by atoms with Crippen LogP contribution in [0.1, 0.15) is 0 Å². The Kier molecular flexibility index (Phi) is 12.9. The van der Waals surface area contributed by atoms with Crippen molar-refractivity contribution in [2.45, 2.75) is 0 Å². The standard InChI is InChI=1S/3ClH.Mg.Ru/h3*1H;;/q;;;;+3/p-3. The second-order valence-electron chi connectivity index (χ2n) is 0.152. The molecule has 0 aromatic heterocycles. The Balaban J connectivity index is 0. The van der Waals surface area contributed by atoms with Crippen LogP contribution in [0.2, 0.25) is 0 Å². The molecule has 0 nitrogen and oxygen atoms in total. The van der Waals surface area contributed by atoms with Gasteiger partial charge in [-0.1, -0.05) is 0 Å². The van der Waals surface area contributed by atoms with Crippen molar-refractivity contribution in [3.05, 3.63) is 0 Å². The van der Waals surface area contributed by atoms with Gasteiger partial charge >= 0.3 is 42.1 Å². The van der Waals surface area contributed by atoms with Gasteiger partial charge in [-0.25, -0.2) is 0 Å². The largest absolute Gasteiger partial charge is 0 e. The third-order valence-corrected chi connectivity index (χ3v) is 0. The van der Waals surface area contributed by atoms with Crippen LogP contribution in [0, 0.1) is 0 Å². The number of hydrogen-bond acceptors (Lipinski definition) is 0. The Morgan fingerprint density at radius 1 is 1.00 bits per heavy atom. The Hall–Kier alpha value is 2.26. The predicted octanol–water partition coefficient (Wildman–Crippen LogP) is 1.69. The van der Waals surface area contributed by atoms with Crippen LogP contribution in [0.15, 0.2) is 0 Å². The van der Waals surface area contributed by atoms with Gasteiger partial charge in [-0.2, -0.15) is 0 Å². The van der Waals surface area contributed by atoms with E-state index in [4.69, 9.17) is 29.1 Å². The van der Waals surface area contributed by atoms with E-state index in [0.29, 0.717) is 0 Å². The molecule has 0 spiro atoms. The summed E-state index contributed by atoms with van der Waals surface area (Å²) in [5.41, 5.74) is 0. The molecule has 0 amide bonds. The number of halogens is 3. The van der Waals surface area contributed by atoms with E-state index in [0.717, 1.165) is 0 Å². The van der Waals surface area contributed by atoms with Crippen molar-refractivity contribution in [1.82, 2.24) is 0 Å². The fourth-order valence-electron chi connectivity index (χ4n) is 0. The van der Waals surface area contributed by atoms with Gasteiger partial charge in [0.15, 0.2) is 0 Å². The first-order valence-electron chi connectivity index (χ1n) is 0.401. The second kappa shape index (κ2) is 6.26. The predicted molar refractivity (Wildman–Crippen MR) is 23.3 cm³/mol. The average Bonchev–Trinajstić information content (AvgIpc) is 0.811. The molecule has 0 unspecified atom stereocenters. The summed E-state index contributed by atoms with van der Waals surface area (Å²) in [5.74, 6) is 0. The van der Waals surface area contributed by atoms with Crippen molar-refractivity contribution in [3.63, 3.8) is 0 Å². The molecule has 0 aliphatic heterocycles. The molecule has 0 aliphatic rings. The Labute approximate surface area is 64.3 Å². The van der Waals surface area contributed by atoms with E-state index in [1.807, 2.05) is 0 Å². The van der Waals surface area contributed by atoms with Crippen LogP contribution in [0.4, 0.5) is 0 Å². The van der Waals surface area contributed by atoms with Crippen molar-refractivity contribution in [1.29, 1.82) is 0 Å². The van der Waals surface area contributed by atoms with E-state index in [-0.39, 0.29) is 23.1 Å². The number of rotatable bonds is 0. The van der Waals surface area contributed by atoms with Gasteiger partial charge in [0, 0.05) is 23.1 Å². The summed E-state index contributed by atoms with van der Waals surface area (Å²) in [6.45, 7) is 0. The normalized spacial score (nSPS) is 9.00. The summed E-state index contributed by atoms with van der Waals surface area (Å²) in [6, 6.07) is 0. The molecule has 0 bridgehead atoms. The zero-order chi connectivity index (χ0) is 3.58. The minimum Gasteiger partial charge on any atom is 0 e. The maximum atomic E-state index is 4.95. The van der Waals surface area contributed by atoms with Crippen molar-refractivity contribution >= 4 is 52.1 Å². The van der Waals surface area contributed by atoms with Crippen LogP contribution in [-0.2, 0) is 13.0 Å². The van der Waals surface area contributed by atoms with E-state index >= 15 is 0 Å². The second-order valence-corrected chi connectivity index (χ2v) is 8.07. The van der Waals surface area contributed by atoms with Crippen LogP contribution >= 0.6 is 29.1 Å². The van der Waals surface area contributed by atoms with Gasteiger partial charge in [0.25, 0.3) is 0 Å². The smallest absolute Gasteiger partial charge is 0 e. The molecular weight excluding hydrogens is 232 g/mol. The molecule has 0 atom stereocenters. The maximum absolute atomic E-state index is 4.95. The molecule has 0 aromatic carbocycles. The van der Waals surface area contributed by atoms with E-state index < -0.39 is 13.0 Å². The molecule has 0 aromatic rings. The quantitative estimate of drug-likeness (QED) is 0.557. The molecule has 0 saturated carbocycles. The van der Waals surface area contributed by atoms with Crippen LogP contribution in [-0.4, -0.2) is 23.1 Å². The van der Waals surface area contributed by atoms with E-state index in [9.17, 15) is 0 Å². The summed E-state index contributed by atoms with van der Waals surface area (Å²) in [6.07, 6.45) is 0. The minimum absolute atomic E-state index is 0. The molecule has 0 rings (SSSR count). The summed E-state index contributed by atoms with van der Waals surface area (Å²) in [7, 11) is 14.8. The minimum atomic E-state index is -1.75. The van der Waals surface area contributed by atoms with Gasteiger partial charge in [-0.15, -0.1) is 0 Å². The van der Waals surface area contributed by atoms with Gasteiger partial charge in [0.2, 0.25) is 0 Å². The van der Waals surface area contributed by atoms with Gasteiger partial charge < -0.3 is 0 Å². The van der Waals surface area contributed by atoms with Gasteiger partial charge in [-0.05, 0) is 0 Å². The molecule has 31 valence electrons. The van der Waals surface area contributed by atoms with E-state index in [2.05, 4.69) is 0 Å². The number of hydrogen-bond donors (Lipinski definition) is 0. The molecule has 0 N–H and O–H groups in total. The Morgan fingerprint density at radius 2 is 1.00 bits per heavy atom. The van der Waals surface area contributed by atoms with Gasteiger partial charge in [0.05, 0.1) is 0 Å². The van der Waals surface area contributed by atoms with Crippen LogP contribution in [0.25, 0.3) is 0 Å². The first-order valence-corrected chi connectivity index (χ1v) is 7.12. The summed E-state index contributed by atoms with van der Waals surface area (Å²) < 4.78 is 0. The summed E-state index contributed by atoms with van der Waals surface area (Å²) in [4.78, 5) is 0. The SMILES string of the molecule is [Cl][Ru]([Cl])[Cl].[Mg]. The van der Waals surface area contributed by atoms with Gasteiger partial charge in [-0.3, -0.25) is 0 Å². The fraction of sp³-hybridized carbons (Fsp3) is 0. The molecule has 0 fully saturated rings. The molecule has 2 radical (unpaired) electrons. The molecule has 5 heavy (non-hydrogen) atoms. The molecular formula is Cl3MgRu. The molecule has 0 aliphatic carbocycles. The van der Waals surface area contributed by atoms with Crippen LogP contribution < -0.4 is 0 Å². The Morgan fingerprint density at radius 3 is 1.00 bits per heavy atom. The van der Waals surface area contributed by atoms with Crippen molar-refractivity contribution in [3.8, 4) is 0 Å². The monoisotopic (exact) mass is 231 g/mol. The van der Waals surface area contributed by atoms with Gasteiger partial charge in [0.1, 0.15) is 0 Å². The summed E-state index contributed by atoms with van der Waals surface area (Å²) >= 11 is -1.75. The maximum Gasteiger partial charge on any atom is 0 e. The molecule has 0 heterocycles.